The van der Waals surface area contributed by atoms with Gasteiger partial charge < -0.3 is 109 Å². The van der Waals surface area contributed by atoms with E-state index in [-0.39, 0.29) is 47.7 Å². The predicted octanol–water partition coefficient (Wildman–Crippen LogP) is -1.48. The van der Waals surface area contributed by atoms with Gasteiger partial charge in [0.15, 0.2) is 37.2 Å². The second-order valence-corrected chi connectivity index (χ2v) is 27.4. The number of allylic oxidation sites excluding steroid dienone is 4. The van der Waals surface area contributed by atoms with Crippen molar-refractivity contribution in [1.29, 1.82) is 0 Å². The van der Waals surface area contributed by atoms with Gasteiger partial charge in [-0.05, 0) is 133 Å². The van der Waals surface area contributed by atoms with Crippen LogP contribution in [-0.4, -0.2) is 252 Å². The van der Waals surface area contributed by atoms with E-state index in [1.807, 2.05) is 13.8 Å². The van der Waals surface area contributed by atoms with Gasteiger partial charge in [0.1, 0.15) is 97.7 Å². The van der Waals surface area contributed by atoms with Gasteiger partial charge in [0.25, 0.3) is 0 Å². The van der Waals surface area contributed by atoms with Gasteiger partial charge in [0.05, 0.1) is 43.2 Å². The molecular formula is C57H92O27S. The normalized spacial score (nSPS) is 51.6. The number of rotatable bonds is 17. The number of aliphatic hydroxyl groups excluding tert-OH is 12. The van der Waals surface area contributed by atoms with Crippen molar-refractivity contribution in [1.82, 2.24) is 0 Å². The van der Waals surface area contributed by atoms with Crippen molar-refractivity contribution >= 4 is 16.2 Å². The number of aliphatic hydroxyl groups is 12. The molecule has 0 amide bonds. The van der Waals surface area contributed by atoms with Gasteiger partial charge >= 0.3 is 10.4 Å². The van der Waals surface area contributed by atoms with Crippen LogP contribution in [0.2, 0.25) is 0 Å². The average molecular weight is 1240 g/mol. The summed E-state index contributed by atoms with van der Waals surface area (Å²) in [4.78, 5) is 13.1. The van der Waals surface area contributed by atoms with Gasteiger partial charge in [-0.25, -0.2) is 4.18 Å². The van der Waals surface area contributed by atoms with E-state index in [0.29, 0.717) is 19.3 Å². The second-order valence-electron chi connectivity index (χ2n) is 26.4. The summed E-state index contributed by atoms with van der Waals surface area (Å²) in [7, 11) is -4.88. The molecule has 4 aliphatic carbocycles. The first-order chi connectivity index (χ1) is 39.8. The second kappa shape index (κ2) is 26.4. The molecule has 0 aromatic rings. The van der Waals surface area contributed by atoms with E-state index in [0.717, 1.165) is 24.8 Å². The molecule has 8 fully saturated rings. The number of hydrogen-bond donors (Lipinski definition) is 13. The first-order valence-electron chi connectivity index (χ1n) is 30.0. The van der Waals surface area contributed by atoms with E-state index in [9.17, 15) is 79.0 Å². The Kier molecular flexibility index (Phi) is 21.0. The van der Waals surface area contributed by atoms with Gasteiger partial charge in [-0.1, -0.05) is 38.0 Å². The zero-order chi connectivity index (χ0) is 62.3. The van der Waals surface area contributed by atoms with Crippen LogP contribution >= 0.6 is 0 Å². The lowest BCUT2D eigenvalue weighted by molar-refractivity contribution is -0.406. The van der Waals surface area contributed by atoms with E-state index in [4.69, 9.17) is 51.6 Å². The lowest BCUT2D eigenvalue weighted by atomic mass is 9.47. The number of ketones is 1. The van der Waals surface area contributed by atoms with E-state index in [1.54, 1.807) is 6.08 Å². The molecule has 0 aromatic heterocycles. The van der Waals surface area contributed by atoms with Gasteiger partial charge in [-0.3, -0.25) is 9.35 Å². The summed E-state index contributed by atoms with van der Waals surface area (Å²) in [6.07, 6.45) is -35.8. The molecule has 3 saturated carbocycles. The molecule has 34 unspecified atom stereocenters. The first-order valence-corrected chi connectivity index (χ1v) is 31.3. The number of carbonyl (C=O) groups is 1. The van der Waals surface area contributed by atoms with Crippen molar-refractivity contribution in [3.8, 4) is 0 Å². The molecule has 27 nitrogen and oxygen atoms in total. The quantitative estimate of drug-likeness (QED) is 0.0449. The molecular weight excluding hydrogens is 1150 g/mol. The SMILES string of the molecule is CC(C)=CC(=O)CC(C)C1CCC2C3CC(OC4OC(CO)C(O)C(OC5OC(C)C(OC6OC(C)C(O)C(O)C6OC6OC(C)C(O)C(O)C6O)C(O)C5OC5OC(C)C(O)C(O)C5O)C4O)C4CC(OS(=O)(=O)O)CCC4(C)C3=CCC12C. The highest BCUT2D eigenvalue weighted by Crippen LogP contribution is 2.67. The highest BCUT2D eigenvalue weighted by Gasteiger charge is 2.63. The Balaban J connectivity index is 0.999. The predicted molar refractivity (Wildman–Crippen MR) is 289 cm³/mol. The van der Waals surface area contributed by atoms with Crippen molar-refractivity contribution in [2.45, 2.75) is 279 Å². The molecule has 85 heavy (non-hydrogen) atoms. The van der Waals surface area contributed by atoms with E-state index >= 15 is 0 Å². The monoisotopic (exact) mass is 1240 g/mol. The standard InChI is InChI=1S/C57H92O27S/c1-21(2)16-27(59)17-22(3)30-10-11-31-29-19-34(33-18-28(84-85(71,72)73)12-14-57(33,9)32(29)13-15-56(30,31)8)78-53-46(70)48(39(63)35(20-58)79-53)81-55-50(83-52-44(68)41(65)37(61)24(5)75-52)45(69)47(26(7)77-55)80-54-49(42(66)38(62)25(6)76-54)82-51-43(67)40(64)36(60)23(4)74-51/h13,16,22-26,28-31,33-55,58,60-70H,10-12,14-15,17-20H2,1-9H3,(H,71,72,73). The molecule has 9 aliphatic rings. The summed E-state index contributed by atoms with van der Waals surface area (Å²) in [5.41, 5.74) is 1.28. The summed E-state index contributed by atoms with van der Waals surface area (Å²) >= 11 is 0. The lowest BCUT2D eigenvalue weighted by Gasteiger charge is -2.59. The van der Waals surface area contributed by atoms with Crippen molar-refractivity contribution < 1.29 is 131 Å². The van der Waals surface area contributed by atoms with Crippen molar-refractivity contribution in [3.63, 3.8) is 0 Å². The molecule has 5 saturated heterocycles. The van der Waals surface area contributed by atoms with Gasteiger partial charge in [0, 0.05) is 6.42 Å². The molecule has 0 spiro atoms. The van der Waals surface area contributed by atoms with Crippen LogP contribution in [0.1, 0.15) is 114 Å². The van der Waals surface area contributed by atoms with Crippen LogP contribution in [0.5, 0.6) is 0 Å². The highest BCUT2D eigenvalue weighted by atomic mass is 32.3. The Morgan fingerprint density at radius 1 is 0.612 bits per heavy atom. The molecule has 9 rings (SSSR count). The van der Waals surface area contributed by atoms with Crippen molar-refractivity contribution in [2.24, 2.45) is 40.4 Å². The third kappa shape index (κ3) is 13.4. The van der Waals surface area contributed by atoms with Gasteiger partial charge in [-0.15, -0.1) is 0 Å². The van der Waals surface area contributed by atoms with Crippen LogP contribution < -0.4 is 0 Å². The Morgan fingerprint density at radius 2 is 1.13 bits per heavy atom. The summed E-state index contributed by atoms with van der Waals surface area (Å²) in [6, 6.07) is 0. The summed E-state index contributed by atoms with van der Waals surface area (Å²) < 4.78 is 101. The zero-order valence-corrected chi connectivity index (χ0v) is 50.2. The first kappa shape index (κ1) is 67.5. The molecule has 0 radical (unpaired) electrons. The van der Waals surface area contributed by atoms with Crippen LogP contribution in [0.4, 0.5) is 0 Å². The maximum atomic E-state index is 13.1. The van der Waals surface area contributed by atoms with Crippen molar-refractivity contribution in [2.75, 3.05) is 6.61 Å². The third-order valence-electron chi connectivity index (χ3n) is 20.4. The summed E-state index contributed by atoms with van der Waals surface area (Å²) in [5.74, 6) is -0.101. The number of hydrogen-bond acceptors (Lipinski definition) is 26. The minimum absolute atomic E-state index is 0.0727. The fraction of sp³-hybridized carbons (Fsp3) is 0.912. The minimum Gasteiger partial charge on any atom is -0.394 e. The highest BCUT2D eigenvalue weighted by molar-refractivity contribution is 7.80. The Morgan fingerprint density at radius 3 is 1.69 bits per heavy atom. The fourth-order valence-corrected chi connectivity index (χ4v) is 16.3. The number of fused-ring (bicyclic) bond motifs is 5. The van der Waals surface area contributed by atoms with Crippen molar-refractivity contribution in [3.05, 3.63) is 23.3 Å². The molecule has 0 bridgehead atoms. The van der Waals surface area contributed by atoms with Crippen LogP contribution in [0.15, 0.2) is 23.3 Å². The molecule has 28 heteroatoms. The van der Waals surface area contributed by atoms with E-state index < -0.39 is 194 Å². The molecule has 0 aromatic carbocycles. The molecule has 5 aliphatic heterocycles. The summed E-state index contributed by atoms with van der Waals surface area (Å²) in [6.45, 7) is 15.0. The summed E-state index contributed by atoms with van der Waals surface area (Å²) in [5, 5.41) is 134. The number of carbonyl (C=O) groups excluding carboxylic acids is 1. The third-order valence-corrected chi connectivity index (χ3v) is 20.9. The van der Waals surface area contributed by atoms with Crippen LogP contribution in [-0.2, 0) is 66.7 Å². The van der Waals surface area contributed by atoms with Crippen LogP contribution in [0.3, 0.4) is 0 Å². The Bertz CT molecular complexity index is 2470. The smallest absolute Gasteiger partial charge is 0.394 e. The maximum absolute atomic E-state index is 13.1. The number of ether oxygens (including phenoxy) is 10. The molecule has 13 N–H and O–H groups in total. The van der Waals surface area contributed by atoms with Gasteiger partial charge in [0.2, 0.25) is 0 Å². The van der Waals surface area contributed by atoms with E-state index in [2.05, 4.69) is 26.8 Å². The molecule has 5 heterocycles. The van der Waals surface area contributed by atoms with Crippen LogP contribution in [0.25, 0.3) is 0 Å². The maximum Gasteiger partial charge on any atom is 0.397 e. The Labute approximate surface area is 495 Å². The average Bonchev–Trinajstić information content (AvgIpc) is 1.75. The largest absolute Gasteiger partial charge is 0.397 e. The minimum atomic E-state index is -4.88. The van der Waals surface area contributed by atoms with Crippen LogP contribution in [0, 0.1) is 40.4 Å². The fourth-order valence-electron chi connectivity index (χ4n) is 15.8. The lowest BCUT2D eigenvalue weighted by Crippen LogP contribution is -2.68. The Hall–Kier alpha value is -1.86. The molecule has 488 valence electrons. The topological polar surface area (TPSA) is 416 Å². The zero-order valence-electron chi connectivity index (χ0n) is 49.4. The molecule has 34 atom stereocenters. The van der Waals surface area contributed by atoms with E-state index in [1.165, 1.54) is 33.3 Å². The van der Waals surface area contributed by atoms with Gasteiger partial charge in [-0.2, -0.15) is 8.42 Å².